The van der Waals surface area contributed by atoms with Gasteiger partial charge in [-0.3, -0.25) is 9.59 Å². The largest absolute Gasteiger partial charge is 0.354 e. The highest BCUT2D eigenvalue weighted by Gasteiger charge is 2.17. The van der Waals surface area contributed by atoms with Crippen LogP contribution in [0.15, 0.2) is 42.5 Å². The molecule has 0 spiro atoms. The van der Waals surface area contributed by atoms with Crippen LogP contribution >= 0.6 is 0 Å². The second-order valence-corrected chi connectivity index (χ2v) is 8.29. The fraction of sp³-hybridized carbons (Fsp3) is 0.593. The lowest BCUT2D eigenvalue weighted by Gasteiger charge is -2.14. The minimum atomic E-state index is 0.0315. The molecule has 0 heterocycles. The molecule has 1 aromatic rings. The van der Waals surface area contributed by atoms with Gasteiger partial charge in [0.25, 0.3) is 0 Å². The minimum absolute atomic E-state index is 0.0315. The summed E-state index contributed by atoms with van der Waals surface area (Å²) < 4.78 is 0. The van der Waals surface area contributed by atoms with E-state index in [1.54, 1.807) is 0 Å². The fourth-order valence-corrected chi connectivity index (χ4v) is 3.71. The van der Waals surface area contributed by atoms with Crippen LogP contribution in [0.1, 0.15) is 96.0 Å². The van der Waals surface area contributed by atoms with E-state index in [0.717, 1.165) is 44.1 Å². The summed E-state index contributed by atoms with van der Waals surface area (Å²) in [6.07, 6.45) is 19.0. The summed E-state index contributed by atoms with van der Waals surface area (Å²) in [5, 5.41) is 2.42. The number of benzene rings is 1. The van der Waals surface area contributed by atoms with Gasteiger partial charge in [0.15, 0.2) is 0 Å². The Morgan fingerprint density at radius 3 is 2.37 bits per heavy atom. The number of rotatable bonds is 18. The molecule has 1 radical (unpaired) electrons. The van der Waals surface area contributed by atoms with Crippen molar-refractivity contribution in [3.63, 3.8) is 0 Å². The van der Waals surface area contributed by atoms with Crippen LogP contribution in [0, 0.1) is 13.0 Å². The highest BCUT2D eigenvalue weighted by molar-refractivity contribution is 5.83. The Hall–Kier alpha value is -1.90. The summed E-state index contributed by atoms with van der Waals surface area (Å²) in [5.74, 6) is 0.565. The predicted octanol–water partition coefficient (Wildman–Crippen LogP) is 6.97. The Labute approximate surface area is 184 Å². The molecule has 3 nitrogen and oxygen atoms in total. The molecule has 1 amide bonds. The van der Waals surface area contributed by atoms with E-state index in [0.29, 0.717) is 18.6 Å². The number of hydrogen-bond acceptors (Lipinski definition) is 2. The molecule has 167 valence electrons. The number of allylic oxidation sites excluding steroid dienone is 2. The first-order valence-corrected chi connectivity index (χ1v) is 11.9. The fourth-order valence-electron chi connectivity index (χ4n) is 3.71. The first-order valence-electron chi connectivity index (χ1n) is 11.9. The molecule has 0 bridgehead atoms. The van der Waals surface area contributed by atoms with E-state index < -0.39 is 0 Å². The van der Waals surface area contributed by atoms with E-state index in [4.69, 9.17) is 0 Å². The van der Waals surface area contributed by atoms with Gasteiger partial charge in [0, 0.05) is 25.8 Å². The lowest BCUT2D eigenvalue weighted by atomic mass is 9.89. The zero-order valence-electron chi connectivity index (χ0n) is 19.0. The number of hydrogen-bond donors (Lipinski definition) is 1. The number of nitrogens with one attached hydrogen (secondary N) is 1. The molecule has 1 aromatic carbocycles. The average molecular weight is 413 g/mol. The molecule has 30 heavy (non-hydrogen) atoms. The van der Waals surface area contributed by atoms with Crippen LogP contribution in [0.2, 0.25) is 0 Å². The Kier molecular flexibility index (Phi) is 15.6. The van der Waals surface area contributed by atoms with Crippen LogP contribution in [-0.4, -0.2) is 11.7 Å². The van der Waals surface area contributed by atoms with Crippen LogP contribution in [-0.2, 0) is 16.0 Å². The van der Waals surface area contributed by atoms with Gasteiger partial charge in [-0.1, -0.05) is 94.4 Å². The first kappa shape index (κ1) is 26.1. The maximum Gasteiger partial charge on any atom is 0.220 e. The topological polar surface area (TPSA) is 46.2 Å². The molecule has 1 atom stereocenters. The number of unbranched alkanes of at least 4 members (excludes halogenated alkanes) is 8. The van der Waals surface area contributed by atoms with Gasteiger partial charge in [-0.2, -0.15) is 0 Å². The molecule has 1 unspecified atom stereocenters. The molecule has 0 saturated heterocycles. The van der Waals surface area contributed by atoms with Gasteiger partial charge < -0.3 is 5.32 Å². The summed E-state index contributed by atoms with van der Waals surface area (Å²) in [6, 6.07) is 10.1. The van der Waals surface area contributed by atoms with Crippen molar-refractivity contribution < 1.29 is 9.59 Å². The third kappa shape index (κ3) is 13.3. The zero-order valence-corrected chi connectivity index (χ0v) is 19.0. The highest BCUT2D eigenvalue weighted by atomic mass is 16.1. The summed E-state index contributed by atoms with van der Waals surface area (Å²) in [6.45, 7) is 2.22. The monoisotopic (exact) mass is 412 g/mol. The Morgan fingerprint density at radius 2 is 1.63 bits per heavy atom. The van der Waals surface area contributed by atoms with E-state index >= 15 is 0 Å². The third-order valence-electron chi connectivity index (χ3n) is 5.64. The van der Waals surface area contributed by atoms with Crippen molar-refractivity contribution in [2.24, 2.45) is 5.92 Å². The average Bonchev–Trinajstić information content (AvgIpc) is 2.76. The quantitative estimate of drug-likeness (QED) is 0.209. The van der Waals surface area contributed by atoms with Gasteiger partial charge in [-0.05, 0) is 37.7 Å². The molecular formula is C27H42NO2. The molecule has 0 aliphatic carbocycles. The first-order chi connectivity index (χ1) is 14.7. The normalized spacial score (nSPS) is 12.2. The van der Waals surface area contributed by atoms with Crippen LogP contribution in [0.25, 0.3) is 0 Å². The Balaban J connectivity index is 2.28. The summed E-state index contributed by atoms with van der Waals surface area (Å²) in [7, 11) is 3.38. The van der Waals surface area contributed by atoms with Gasteiger partial charge in [0.1, 0.15) is 5.78 Å². The Bertz CT molecular complexity index is 594. The molecular weight excluding hydrogens is 370 g/mol. The van der Waals surface area contributed by atoms with E-state index in [-0.39, 0.29) is 11.8 Å². The lowest BCUT2D eigenvalue weighted by molar-refractivity contribution is -0.122. The van der Waals surface area contributed by atoms with Crippen molar-refractivity contribution in [2.75, 3.05) is 0 Å². The summed E-state index contributed by atoms with van der Waals surface area (Å²) in [5.41, 5.74) is 1.12. The predicted molar refractivity (Wildman–Crippen MR) is 127 cm³/mol. The molecule has 0 aliphatic heterocycles. The molecule has 0 aromatic heterocycles. The number of amides is 1. The number of Topliss-reactive ketones (excluding diaryl/α,β-unsaturated/α-hetero) is 1. The third-order valence-corrected chi connectivity index (χ3v) is 5.64. The van der Waals surface area contributed by atoms with Gasteiger partial charge >= 0.3 is 0 Å². The maximum absolute atomic E-state index is 12.8. The standard InChI is InChI=1S/C27H42NO2/c1-3-4-5-15-20-25(26(29)23-24-18-13-12-14-19-24)21-16-10-8-6-7-9-11-17-22-27(30)28-2/h10,12-14,16,18-19,25H,2-9,11,15,17,20-23H2,1H3,(H,28,30)/b16-10+. The van der Waals surface area contributed by atoms with Crippen LogP contribution in [0.4, 0.5) is 0 Å². The second-order valence-electron chi connectivity index (χ2n) is 8.29. The van der Waals surface area contributed by atoms with Crippen LogP contribution in [0.5, 0.6) is 0 Å². The van der Waals surface area contributed by atoms with Crippen LogP contribution in [0.3, 0.4) is 0 Å². The van der Waals surface area contributed by atoms with Gasteiger partial charge in [-0.25, -0.2) is 0 Å². The summed E-state index contributed by atoms with van der Waals surface area (Å²) >= 11 is 0. The van der Waals surface area contributed by atoms with E-state index in [1.807, 2.05) is 30.3 Å². The van der Waals surface area contributed by atoms with E-state index in [2.05, 4.69) is 31.4 Å². The molecule has 0 saturated carbocycles. The van der Waals surface area contributed by atoms with Crippen LogP contribution < -0.4 is 5.32 Å². The molecule has 1 N–H and O–H groups in total. The van der Waals surface area contributed by atoms with E-state index in [1.165, 1.54) is 38.5 Å². The zero-order chi connectivity index (χ0) is 21.9. The van der Waals surface area contributed by atoms with Gasteiger partial charge in [0.05, 0.1) is 0 Å². The smallest absolute Gasteiger partial charge is 0.220 e. The highest BCUT2D eigenvalue weighted by Crippen LogP contribution is 2.19. The van der Waals surface area contributed by atoms with Gasteiger partial charge in [-0.15, -0.1) is 0 Å². The van der Waals surface area contributed by atoms with Crippen molar-refractivity contribution >= 4 is 11.7 Å². The van der Waals surface area contributed by atoms with Crippen molar-refractivity contribution in [3.8, 4) is 0 Å². The summed E-state index contributed by atoms with van der Waals surface area (Å²) in [4.78, 5) is 24.0. The number of ketones is 1. The molecule has 1 rings (SSSR count). The molecule has 3 heteroatoms. The second kappa shape index (κ2) is 17.9. The van der Waals surface area contributed by atoms with Gasteiger partial charge in [0.2, 0.25) is 5.91 Å². The number of carbonyl (C=O) groups excluding carboxylic acids is 2. The van der Waals surface area contributed by atoms with Crippen molar-refractivity contribution in [1.82, 2.24) is 5.32 Å². The van der Waals surface area contributed by atoms with E-state index in [9.17, 15) is 9.59 Å². The molecule has 0 aliphatic rings. The lowest BCUT2D eigenvalue weighted by Crippen LogP contribution is -2.16. The number of carbonyl (C=O) groups is 2. The van der Waals surface area contributed by atoms with Crippen molar-refractivity contribution in [1.29, 1.82) is 0 Å². The van der Waals surface area contributed by atoms with Crippen molar-refractivity contribution in [3.05, 3.63) is 55.1 Å². The Morgan fingerprint density at radius 1 is 0.933 bits per heavy atom. The minimum Gasteiger partial charge on any atom is -0.354 e. The SMILES string of the molecule is [CH2]NC(=O)CCCCCCC/C=C/CC(CCCCCC)C(=O)Cc1ccccc1. The molecule has 0 fully saturated rings. The van der Waals surface area contributed by atoms with Crippen molar-refractivity contribution in [2.45, 2.75) is 96.8 Å². The maximum atomic E-state index is 12.8.